The number of carboxylic acids is 1. The number of carbonyl (C=O) groups excluding carboxylic acids is 1. The van der Waals surface area contributed by atoms with Crippen molar-refractivity contribution in [1.29, 1.82) is 0 Å². The summed E-state index contributed by atoms with van der Waals surface area (Å²) in [5.41, 5.74) is 3.13. The number of amides is 1. The van der Waals surface area contributed by atoms with E-state index in [1.54, 1.807) is 0 Å². The largest absolute Gasteiger partial charge is 0.475 e. The lowest BCUT2D eigenvalue weighted by atomic mass is 9.90. The third-order valence-corrected chi connectivity index (χ3v) is 3.60. The highest BCUT2D eigenvalue weighted by Crippen LogP contribution is 2.28. The Kier molecular flexibility index (Phi) is 3.43. The molecule has 6 heteroatoms. The second-order valence-corrected chi connectivity index (χ2v) is 4.99. The number of benzene rings is 1. The van der Waals surface area contributed by atoms with Crippen LogP contribution in [0, 0.1) is 0 Å². The van der Waals surface area contributed by atoms with Gasteiger partial charge in [-0.1, -0.05) is 17.3 Å². The quantitative estimate of drug-likeness (QED) is 0.904. The van der Waals surface area contributed by atoms with E-state index < -0.39 is 11.9 Å². The third-order valence-electron chi connectivity index (χ3n) is 3.60. The smallest absolute Gasteiger partial charge is 0.374 e. The zero-order chi connectivity index (χ0) is 14.8. The summed E-state index contributed by atoms with van der Waals surface area (Å²) in [5.74, 6) is -2.07. The lowest BCUT2D eigenvalue weighted by Crippen LogP contribution is -2.15. The molecule has 0 saturated carbocycles. The molecule has 0 unspecified atom stereocenters. The molecular formula is C15H14N2O4. The normalized spacial score (nSPS) is 13.5. The summed E-state index contributed by atoms with van der Waals surface area (Å²) in [6, 6.07) is 6.95. The zero-order valence-electron chi connectivity index (χ0n) is 11.3. The minimum absolute atomic E-state index is 0.0409. The van der Waals surface area contributed by atoms with Crippen LogP contribution < -0.4 is 5.32 Å². The van der Waals surface area contributed by atoms with E-state index in [1.807, 2.05) is 12.1 Å². The van der Waals surface area contributed by atoms with Crippen molar-refractivity contribution >= 4 is 17.6 Å². The van der Waals surface area contributed by atoms with Gasteiger partial charge in [0, 0.05) is 11.8 Å². The fourth-order valence-corrected chi connectivity index (χ4v) is 2.57. The number of carbonyl (C=O) groups is 2. The van der Waals surface area contributed by atoms with Gasteiger partial charge in [-0.25, -0.2) is 4.79 Å². The van der Waals surface area contributed by atoms with E-state index in [0.717, 1.165) is 43.0 Å². The summed E-state index contributed by atoms with van der Waals surface area (Å²) in [5, 5.41) is 15.0. The van der Waals surface area contributed by atoms with Crippen molar-refractivity contribution in [1.82, 2.24) is 5.16 Å². The first-order valence-corrected chi connectivity index (χ1v) is 6.77. The van der Waals surface area contributed by atoms with Crippen molar-refractivity contribution in [2.45, 2.75) is 25.7 Å². The minimum Gasteiger partial charge on any atom is -0.475 e. The third kappa shape index (κ3) is 2.65. The number of aryl methyl sites for hydroxylation is 1. The van der Waals surface area contributed by atoms with Gasteiger partial charge in [-0.3, -0.25) is 4.79 Å². The minimum atomic E-state index is -1.25. The van der Waals surface area contributed by atoms with Crippen LogP contribution in [0.3, 0.4) is 0 Å². The SMILES string of the molecule is O=C(Nc1cccc2c1CCCC2)c1cc(C(=O)O)on1. The van der Waals surface area contributed by atoms with Crippen LogP contribution in [0.4, 0.5) is 5.69 Å². The maximum atomic E-state index is 12.1. The number of anilines is 1. The van der Waals surface area contributed by atoms with Crippen LogP contribution in [0.5, 0.6) is 0 Å². The summed E-state index contributed by atoms with van der Waals surface area (Å²) < 4.78 is 4.59. The number of rotatable bonds is 3. The Morgan fingerprint density at radius 2 is 2.05 bits per heavy atom. The molecule has 1 amide bonds. The first-order valence-electron chi connectivity index (χ1n) is 6.77. The molecule has 6 nitrogen and oxygen atoms in total. The van der Waals surface area contributed by atoms with Gasteiger partial charge in [0.25, 0.3) is 5.91 Å². The first kappa shape index (κ1) is 13.4. The number of hydrogen-bond donors (Lipinski definition) is 2. The van der Waals surface area contributed by atoms with Crippen LogP contribution in [0.1, 0.15) is 45.0 Å². The van der Waals surface area contributed by atoms with Crippen molar-refractivity contribution in [3.8, 4) is 0 Å². The van der Waals surface area contributed by atoms with Gasteiger partial charge in [0.1, 0.15) is 0 Å². The van der Waals surface area contributed by atoms with Crippen molar-refractivity contribution in [2.75, 3.05) is 5.32 Å². The van der Waals surface area contributed by atoms with E-state index in [0.29, 0.717) is 0 Å². The Labute approximate surface area is 120 Å². The lowest BCUT2D eigenvalue weighted by Gasteiger charge is -2.19. The van der Waals surface area contributed by atoms with Gasteiger partial charge in [0.2, 0.25) is 5.76 Å². The molecule has 1 aromatic carbocycles. The summed E-state index contributed by atoms with van der Waals surface area (Å²) >= 11 is 0. The molecule has 0 fully saturated rings. The van der Waals surface area contributed by atoms with Crippen LogP contribution in [0.15, 0.2) is 28.8 Å². The number of aromatic nitrogens is 1. The van der Waals surface area contributed by atoms with E-state index in [1.165, 1.54) is 5.56 Å². The molecule has 1 aromatic heterocycles. The standard InChI is InChI=1S/C15H14N2O4/c18-14(12-8-13(15(19)20)21-17-12)16-11-7-3-5-9-4-1-2-6-10(9)11/h3,5,7-8H,1-2,4,6H2,(H,16,18)(H,19,20). The lowest BCUT2D eigenvalue weighted by molar-refractivity contribution is 0.0651. The van der Waals surface area contributed by atoms with Gasteiger partial charge >= 0.3 is 5.97 Å². The number of nitrogens with one attached hydrogen (secondary N) is 1. The molecule has 0 bridgehead atoms. The number of fused-ring (bicyclic) bond motifs is 1. The van der Waals surface area contributed by atoms with Crippen LogP contribution >= 0.6 is 0 Å². The Bertz CT molecular complexity index is 705. The van der Waals surface area contributed by atoms with Crippen molar-refractivity contribution in [3.63, 3.8) is 0 Å². The number of aromatic carboxylic acids is 1. The van der Waals surface area contributed by atoms with Crippen molar-refractivity contribution in [2.24, 2.45) is 0 Å². The van der Waals surface area contributed by atoms with Gasteiger partial charge in [0.05, 0.1) is 0 Å². The maximum Gasteiger partial charge on any atom is 0.374 e. The molecule has 0 aliphatic heterocycles. The summed E-state index contributed by atoms with van der Waals surface area (Å²) in [7, 11) is 0. The fourth-order valence-electron chi connectivity index (χ4n) is 2.57. The highest BCUT2D eigenvalue weighted by atomic mass is 16.5. The second-order valence-electron chi connectivity index (χ2n) is 4.99. The average Bonchev–Trinajstić information content (AvgIpc) is 2.98. The molecule has 2 aromatic rings. The number of hydrogen-bond acceptors (Lipinski definition) is 4. The molecular weight excluding hydrogens is 272 g/mol. The molecule has 2 N–H and O–H groups in total. The van der Waals surface area contributed by atoms with Gasteiger partial charge in [-0.05, 0) is 42.9 Å². The monoisotopic (exact) mass is 286 g/mol. The average molecular weight is 286 g/mol. The molecule has 0 atom stereocenters. The first-order chi connectivity index (χ1) is 10.1. The molecule has 108 valence electrons. The van der Waals surface area contributed by atoms with Gasteiger partial charge in [-0.15, -0.1) is 0 Å². The van der Waals surface area contributed by atoms with Gasteiger partial charge in [-0.2, -0.15) is 0 Å². The van der Waals surface area contributed by atoms with E-state index >= 15 is 0 Å². The number of carboxylic acid groups (broad SMARTS) is 1. The molecule has 21 heavy (non-hydrogen) atoms. The van der Waals surface area contributed by atoms with Crippen molar-refractivity contribution < 1.29 is 19.2 Å². The zero-order valence-corrected chi connectivity index (χ0v) is 11.3. The highest BCUT2D eigenvalue weighted by Gasteiger charge is 2.19. The molecule has 0 saturated heterocycles. The van der Waals surface area contributed by atoms with Gasteiger partial charge < -0.3 is 14.9 Å². The second kappa shape index (κ2) is 5.40. The van der Waals surface area contributed by atoms with Crippen LogP contribution in [0.2, 0.25) is 0 Å². The summed E-state index contributed by atoms with van der Waals surface area (Å²) in [6.45, 7) is 0. The van der Waals surface area contributed by atoms with Crippen LogP contribution in [-0.2, 0) is 12.8 Å². The Morgan fingerprint density at radius 3 is 2.81 bits per heavy atom. The molecule has 3 rings (SSSR count). The Hall–Kier alpha value is -2.63. The van der Waals surface area contributed by atoms with E-state index in [4.69, 9.17) is 5.11 Å². The summed E-state index contributed by atoms with van der Waals surface area (Å²) in [4.78, 5) is 22.8. The van der Waals surface area contributed by atoms with Crippen LogP contribution in [0.25, 0.3) is 0 Å². The molecule has 0 spiro atoms. The summed E-state index contributed by atoms with van der Waals surface area (Å²) in [6.07, 6.45) is 4.22. The topological polar surface area (TPSA) is 92.4 Å². The molecule has 1 aliphatic rings. The molecule has 1 heterocycles. The number of nitrogens with zero attached hydrogens (tertiary/aromatic N) is 1. The Balaban J connectivity index is 1.83. The predicted octanol–water partition coefficient (Wildman–Crippen LogP) is 2.50. The van der Waals surface area contributed by atoms with Crippen molar-refractivity contribution in [3.05, 3.63) is 46.8 Å². The molecule has 1 aliphatic carbocycles. The van der Waals surface area contributed by atoms with Crippen LogP contribution in [-0.4, -0.2) is 22.1 Å². The molecule has 0 radical (unpaired) electrons. The highest BCUT2D eigenvalue weighted by molar-refractivity contribution is 6.04. The van der Waals surface area contributed by atoms with Gasteiger partial charge in [0.15, 0.2) is 5.69 Å². The van der Waals surface area contributed by atoms with E-state index in [-0.39, 0.29) is 11.5 Å². The van der Waals surface area contributed by atoms with E-state index in [9.17, 15) is 9.59 Å². The Morgan fingerprint density at radius 1 is 1.24 bits per heavy atom. The fraction of sp³-hybridized carbons (Fsp3) is 0.267. The van der Waals surface area contributed by atoms with E-state index in [2.05, 4.69) is 21.1 Å². The predicted molar refractivity (Wildman–Crippen MR) is 74.5 cm³/mol. The maximum absolute atomic E-state index is 12.1.